The van der Waals surface area contributed by atoms with Gasteiger partial charge in [0.15, 0.2) is 6.23 Å². The fourth-order valence-electron chi connectivity index (χ4n) is 0.770. The van der Waals surface area contributed by atoms with E-state index in [0.29, 0.717) is 5.92 Å². The van der Waals surface area contributed by atoms with Crippen LogP contribution in [0.3, 0.4) is 0 Å². The van der Waals surface area contributed by atoms with Crippen LogP contribution in [0.2, 0.25) is 0 Å². The van der Waals surface area contributed by atoms with Crippen LogP contribution in [0.4, 0.5) is 0 Å². The van der Waals surface area contributed by atoms with E-state index in [2.05, 4.69) is 13.8 Å². The summed E-state index contributed by atoms with van der Waals surface area (Å²) in [6, 6.07) is 0. The summed E-state index contributed by atoms with van der Waals surface area (Å²) in [6.07, 6.45) is 1.32. The normalized spacial score (nSPS) is 13.2. The van der Waals surface area contributed by atoms with Gasteiger partial charge in [0.1, 0.15) is 0 Å². The molecule has 1 atom stereocenters. The summed E-state index contributed by atoms with van der Waals surface area (Å²) in [4.78, 5) is 10.4. The van der Waals surface area contributed by atoms with E-state index in [0.717, 1.165) is 12.8 Å². The first-order valence-electron chi connectivity index (χ1n) is 3.95. The van der Waals surface area contributed by atoms with Crippen molar-refractivity contribution in [2.45, 2.75) is 39.8 Å². The van der Waals surface area contributed by atoms with Gasteiger partial charge in [0.25, 0.3) is 0 Å². The van der Waals surface area contributed by atoms with E-state index in [-0.39, 0.29) is 5.97 Å². The number of carbonyl (C=O) groups is 1. The second kappa shape index (κ2) is 5.13. The highest BCUT2D eigenvalue weighted by Gasteiger charge is 2.05. The lowest BCUT2D eigenvalue weighted by Gasteiger charge is -2.12. The molecule has 0 aliphatic heterocycles. The van der Waals surface area contributed by atoms with Crippen molar-refractivity contribution in [2.24, 2.45) is 11.7 Å². The van der Waals surface area contributed by atoms with Crippen LogP contribution in [-0.2, 0) is 9.53 Å². The zero-order valence-electron chi connectivity index (χ0n) is 7.46. The van der Waals surface area contributed by atoms with E-state index in [1.54, 1.807) is 0 Å². The van der Waals surface area contributed by atoms with Crippen molar-refractivity contribution < 1.29 is 9.53 Å². The van der Waals surface area contributed by atoms with E-state index in [4.69, 9.17) is 10.5 Å². The van der Waals surface area contributed by atoms with Crippen molar-refractivity contribution in [1.29, 1.82) is 0 Å². The molecule has 0 radical (unpaired) electrons. The van der Waals surface area contributed by atoms with Crippen molar-refractivity contribution >= 4 is 5.97 Å². The zero-order valence-corrected chi connectivity index (χ0v) is 7.46. The molecule has 0 aromatic carbocycles. The lowest BCUT2D eigenvalue weighted by atomic mass is 10.1. The Labute approximate surface area is 67.9 Å². The van der Waals surface area contributed by atoms with E-state index < -0.39 is 6.23 Å². The molecule has 0 bridgehead atoms. The second-order valence-electron chi connectivity index (χ2n) is 3.12. The Morgan fingerprint density at radius 2 is 2.00 bits per heavy atom. The fraction of sp³-hybridized carbons (Fsp3) is 0.875. The fourth-order valence-corrected chi connectivity index (χ4v) is 0.770. The van der Waals surface area contributed by atoms with Crippen LogP contribution in [-0.4, -0.2) is 12.2 Å². The Kier molecular flexibility index (Phi) is 4.86. The molecule has 1 unspecified atom stereocenters. The number of nitrogens with two attached hydrogens (primary N) is 1. The van der Waals surface area contributed by atoms with Crippen LogP contribution in [0.5, 0.6) is 0 Å². The minimum absolute atomic E-state index is 0.304. The zero-order chi connectivity index (χ0) is 8.85. The predicted octanol–water partition coefficient (Wildman–Crippen LogP) is 1.27. The molecule has 0 saturated carbocycles. The highest BCUT2D eigenvalue weighted by Crippen LogP contribution is 2.05. The minimum Gasteiger partial charge on any atom is -0.447 e. The summed E-state index contributed by atoms with van der Waals surface area (Å²) < 4.78 is 4.74. The molecule has 3 heteroatoms. The Hall–Kier alpha value is -0.570. The van der Waals surface area contributed by atoms with Gasteiger partial charge in [-0.25, -0.2) is 0 Å². The van der Waals surface area contributed by atoms with Crippen LogP contribution in [0.1, 0.15) is 33.6 Å². The van der Waals surface area contributed by atoms with Gasteiger partial charge in [0.2, 0.25) is 0 Å². The summed E-state index contributed by atoms with van der Waals surface area (Å²) >= 11 is 0. The van der Waals surface area contributed by atoms with Gasteiger partial charge in [-0.3, -0.25) is 10.5 Å². The monoisotopic (exact) mass is 159 g/mol. The number of rotatable bonds is 4. The second-order valence-corrected chi connectivity index (χ2v) is 3.12. The van der Waals surface area contributed by atoms with Gasteiger partial charge in [0, 0.05) is 6.92 Å². The van der Waals surface area contributed by atoms with E-state index in [9.17, 15) is 4.79 Å². The van der Waals surface area contributed by atoms with Crippen LogP contribution in [0.25, 0.3) is 0 Å². The van der Waals surface area contributed by atoms with Gasteiger partial charge in [-0.1, -0.05) is 13.8 Å². The SMILES string of the molecule is CC(=O)OC(N)CCC(C)C. The van der Waals surface area contributed by atoms with Crippen LogP contribution < -0.4 is 5.73 Å². The number of esters is 1. The first-order valence-corrected chi connectivity index (χ1v) is 3.95. The summed E-state index contributed by atoms with van der Waals surface area (Å²) in [5.41, 5.74) is 5.48. The first-order chi connectivity index (χ1) is 5.02. The van der Waals surface area contributed by atoms with E-state index in [1.165, 1.54) is 6.92 Å². The van der Waals surface area contributed by atoms with Gasteiger partial charge in [-0.05, 0) is 18.8 Å². The van der Waals surface area contributed by atoms with Crippen molar-refractivity contribution in [3.05, 3.63) is 0 Å². The summed E-state index contributed by atoms with van der Waals surface area (Å²) in [7, 11) is 0. The van der Waals surface area contributed by atoms with Crippen LogP contribution >= 0.6 is 0 Å². The smallest absolute Gasteiger partial charge is 0.304 e. The number of hydrogen-bond donors (Lipinski definition) is 1. The highest BCUT2D eigenvalue weighted by molar-refractivity contribution is 5.66. The lowest BCUT2D eigenvalue weighted by Crippen LogP contribution is -2.26. The number of ether oxygens (including phenoxy) is 1. The average Bonchev–Trinajstić information content (AvgIpc) is 1.82. The molecule has 0 aliphatic rings. The van der Waals surface area contributed by atoms with Crippen molar-refractivity contribution in [2.75, 3.05) is 0 Å². The quantitative estimate of drug-likeness (QED) is 0.496. The average molecular weight is 159 g/mol. The molecule has 0 spiro atoms. The summed E-state index contributed by atoms with van der Waals surface area (Å²) in [5, 5.41) is 0. The van der Waals surface area contributed by atoms with Crippen molar-refractivity contribution in [1.82, 2.24) is 0 Å². The molecule has 0 aliphatic carbocycles. The molecule has 11 heavy (non-hydrogen) atoms. The maximum Gasteiger partial charge on any atom is 0.304 e. The van der Waals surface area contributed by atoms with Crippen LogP contribution in [0.15, 0.2) is 0 Å². The molecule has 0 aromatic rings. The molecular formula is C8H17NO2. The van der Waals surface area contributed by atoms with Crippen LogP contribution in [0, 0.1) is 5.92 Å². The Bertz CT molecular complexity index is 123. The molecule has 0 amide bonds. The third-order valence-corrected chi connectivity index (χ3v) is 1.35. The van der Waals surface area contributed by atoms with Gasteiger partial charge < -0.3 is 4.74 Å². The van der Waals surface area contributed by atoms with E-state index >= 15 is 0 Å². The Morgan fingerprint density at radius 1 is 1.45 bits per heavy atom. The molecule has 3 nitrogen and oxygen atoms in total. The first kappa shape index (κ1) is 10.4. The number of hydrogen-bond acceptors (Lipinski definition) is 3. The van der Waals surface area contributed by atoms with E-state index in [1.807, 2.05) is 0 Å². The molecule has 0 saturated heterocycles. The third-order valence-electron chi connectivity index (χ3n) is 1.35. The topological polar surface area (TPSA) is 52.3 Å². The van der Waals surface area contributed by atoms with Gasteiger partial charge in [0.05, 0.1) is 0 Å². The molecule has 2 N–H and O–H groups in total. The standard InChI is InChI=1S/C8H17NO2/c1-6(2)4-5-8(9)11-7(3)10/h6,8H,4-5,9H2,1-3H3. The van der Waals surface area contributed by atoms with Crippen molar-refractivity contribution in [3.63, 3.8) is 0 Å². The largest absolute Gasteiger partial charge is 0.447 e. The maximum absolute atomic E-state index is 10.4. The molecule has 0 rings (SSSR count). The Balaban J connectivity index is 3.37. The molecule has 66 valence electrons. The molecule has 0 aromatic heterocycles. The molecule has 0 fully saturated rings. The summed E-state index contributed by atoms with van der Waals surface area (Å²) in [6.45, 7) is 5.59. The summed E-state index contributed by atoms with van der Waals surface area (Å²) in [5.74, 6) is 0.304. The van der Waals surface area contributed by atoms with Crippen molar-refractivity contribution in [3.8, 4) is 0 Å². The lowest BCUT2D eigenvalue weighted by molar-refractivity contribution is -0.146. The van der Waals surface area contributed by atoms with Gasteiger partial charge >= 0.3 is 5.97 Å². The third kappa shape index (κ3) is 7.33. The molecular weight excluding hydrogens is 142 g/mol. The predicted molar refractivity (Wildman–Crippen MR) is 43.8 cm³/mol. The maximum atomic E-state index is 10.4. The Morgan fingerprint density at radius 3 is 2.36 bits per heavy atom. The minimum atomic E-state index is -0.421. The molecule has 0 heterocycles. The van der Waals surface area contributed by atoms with Gasteiger partial charge in [-0.2, -0.15) is 0 Å². The number of carbonyl (C=O) groups excluding carboxylic acids is 1. The van der Waals surface area contributed by atoms with Gasteiger partial charge in [-0.15, -0.1) is 0 Å². The highest BCUT2D eigenvalue weighted by atomic mass is 16.5.